The van der Waals surface area contributed by atoms with E-state index in [-0.39, 0.29) is 6.42 Å². The Morgan fingerprint density at radius 2 is 2.00 bits per heavy atom. The highest BCUT2D eigenvalue weighted by molar-refractivity contribution is 7.99. The van der Waals surface area contributed by atoms with Gasteiger partial charge < -0.3 is 19.0 Å². The molecule has 2 aromatic heterocycles. The lowest BCUT2D eigenvalue weighted by atomic mass is 10.2. The minimum Gasteiger partial charge on any atom is -0.467 e. The smallest absolute Gasteiger partial charge is 0.307 e. The van der Waals surface area contributed by atoms with Crippen molar-refractivity contribution < 1.29 is 18.7 Å². The molecule has 0 unspecified atom stereocenters. The quantitative estimate of drug-likeness (QED) is 0.351. The summed E-state index contributed by atoms with van der Waals surface area (Å²) < 4.78 is 12.3. The summed E-state index contributed by atoms with van der Waals surface area (Å²) in [4.78, 5) is 25.4. The Kier molecular flexibility index (Phi) is 8.03. The third kappa shape index (κ3) is 5.96. The molecule has 0 spiro atoms. The number of anilines is 1. The number of carbonyl (C=O) groups excluding carboxylic acids is 2. The number of nitriles is 1. The van der Waals surface area contributed by atoms with Crippen molar-refractivity contribution in [1.82, 2.24) is 4.57 Å². The maximum atomic E-state index is 12.4. The molecule has 2 heterocycles. The Balaban J connectivity index is 1.55. The number of nitrogens with zero attached hydrogens (tertiary/aromatic N) is 2. The van der Waals surface area contributed by atoms with E-state index in [1.807, 2.05) is 32.0 Å². The number of carbonyl (C=O) groups is 2. The number of amides is 1. The summed E-state index contributed by atoms with van der Waals surface area (Å²) in [6, 6.07) is 13.0. The molecule has 3 aromatic rings. The first-order chi connectivity index (χ1) is 15.4. The molecule has 0 atom stereocenters. The summed E-state index contributed by atoms with van der Waals surface area (Å²) >= 11 is 7.35. The number of ether oxygens (including phenoxy) is 1. The van der Waals surface area contributed by atoms with E-state index in [0.29, 0.717) is 34.5 Å². The SMILES string of the molecule is Cc1c(C#N)c(NC(=O)COC(=O)CCSc2ccc(Cl)cc2)n(Cc2ccco2)c1C. The Morgan fingerprint density at radius 1 is 1.25 bits per heavy atom. The molecular weight excluding hydrogens is 450 g/mol. The number of nitrogens with one attached hydrogen (secondary N) is 1. The minimum atomic E-state index is -0.515. The Labute approximate surface area is 195 Å². The fourth-order valence-electron chi connectivity index (χ4n) is 3.06. The van der Waals surface area contributed by atoms with Crippen LogP contribution >= 0.6 is 23.4 Å². The van der Waals surface area contributed by atoms with Crippen molar-refractivity contribution >= 4 is 41.1 Å². The molecule has 0 saturated carbocycles. The normalized spacial score (nSPS) is 10.6. The van der Waals surface area contributed by atoms with Crippen LogP contribution in [0.1, 0.15) is 29.0 Å². The standard InChI is InChI=1S/C23H22ClN3O4S/c1-15-16(2)27(13-18-4-3-10-30-18)23(20(15)12-25)26-21(28)14-31-22(29)9-11-32-19-7-5-17(24)6-8-19/h3-8,10H,9,11,13-14H2,1-2H3,(H,26,28). The molecule has 1 amide bonds. The van der Waals surface area contributed by atoms with E-state index in [1.54, 1.807) is 29.0 Å². The van der Waals surface area contributed by atoms with E-state index in [4.69, 9.17) is 20.8 Å². The van der Waals surface area contributed by atoms with Crippen LogP contribution in [0.2, 0.25) is 5.02 Å². The number of aromatic nitrogens is 1. The van der Waals surface area contributed by atoms with Gasteiger partial charge in [-0.15, -0.1) is 11.8 Å². The summed E-state index contributed by atoms with van der Waals surface area (Å²) in [5, 5.41) is 12.9. The fourth-order valence-corrected chi connectivity index (χ4v) is 4.01. The van der Waals surface area contributed by atoms with Crippen molar-refractivity contribution in [3.63, 3.8) is 0 Å². The van der Waals surface area contributed by atoms with Gasteiger partial charge in [-0.05, 0) is 55.8 Å². The van der Waals surface area contributed by atoms with E-state index in [0.717, 1.165) is 16.2 Å². The first-order valence-corrected chi connectivity index (χ1v) is 11.2. The molecule has 7 nitrogen and oxygen atoms in total. The van der Waals surface area contributed by atoms with Gasteiger partial charge in [-0.25, -0.2) is 0 Å². The van der Waals surface area contributed by atoms with Crippen molar-refractivity contribution in [3.8, 4) is 6.07 Å². The van der Waals surface area contributed by atoms with Crippen LogP contribution in [0, 0.1) is 25.2 Å². The van der Waals surface area contributed by atoms with Gasteiger partial charge in [0, 0.05) is 21.4 Å². The van der Waals surface area contributed by atoms with Crippen LogP contribution in [0.4, 0.5) is 5.82 Å². The molecule has 0 aliphatic carbocycles. The third-order valence-electron chi connectivity index (χ3n) is 4.85. The maximum absolute atomic E-state index is 12.4. The highest BCUT2D eigenvalue weighted by atomic mass is 35.5. The van der Waals surface area contributed by atoms with Gasteiger partial charge in [0.1, 0.15) is 17.6 Å². The molecule has 0 aliphatic rings. The second-order valence-corrected chi connectivity index (χ2v) is 8.58. The monoisotopic (exact) mass is 471 g/mol. The number of benzene rings is 1. The zero-order chi connectivity index (χ0) is 23.1. The second-order valence-electron chi connectivity index (χ2n) is 6.97. The largest absolute Gasteiger partial charge is 0.467 e. The zero-order valence-electron chi connectivity index (χ0n) is 17.7. The molecule has 32 heavy (non-hydrogen) atoms. The Hall–Kier alpha value is -3.15. The van der Waals surface area contributed by atoms with E-state index in [2.05, 4.69) is 11.4 Å². The van der Waals surface area contributed by atoms with Crippen molar-refractivity contribution in [2.24, 2.45) is 0 Å². The van der Waals surface area contributed by atoms with Gasteiger partial charge in [0.25, 0.3) is 5.91 Å². The lowest BCUT2D eigenvalue weighted by Gasteiger charge is -2.12. The molecular formula is C23H22ClN3O4S. The fraction of sp³-hybridized carbons (Fsp3) is 0.261. The van der Waals surface area contributed by atoms with Crippen molar-refractivity contribution in [2.45, 2.75) is 31.7 Å². The first-order valence-electron chi connectivity index (χ1n) is 9.85. The van der Waals surface area contributed by atoms with E-state index < -0.39 is 18.5 Å². The number of rotatable bonds is 9. The van der Waals surface area contributed by atoms with Crippen LogP contribution in [0.15, 0.2) is 52.0 Å². The van der Waals surface area contributed by atoms with Gasteiger partial charge >= 0.3 is 5.97 Å². The topological polar surface area (TPSA) is 97.3 Å². The van der Waals surface area contributed by atoms with Gasteiger partial charge in [0.15, 0.2) is 6.61 Å². The van der Waals surface area contributed by atoms with Crippen molar-refractivity contribution in [3.05, 3.63) is 70.3 Å². The van der Waals surface area contributed by atoms with Gasteiger partial charge in [-0.2, -0.15) is 5.26 Å². The molecule has 1 aromatic carbocycles. The Bertz CT molecular complexity index is 1130. The van der Waals surface area contributed by atoms with Gasteiger partial charge in [0.2, 0.25) is 0 Å². The summed E-state index contributed by atoms with van der Waals surface area (Å²) in [6.07, 6.45) is 1.73. The highest BCUT2D eigenvalue weighted by Gasteiger charge is 2.21. The average molecular weight is 472 g/mol. The van der Waals surface area contributed by atoms with Crippen molar-refractivity contribution in [2.75, 3.05) is 17.7 Å². The van der Waals surface area contributed by atoms with E-state index in [9.17, 15) is 14.9 Å². The van der Waals surface area contributed by atoms with Crippen molar-refractivity contribution in [1.29, 1.82) is 5.26 Å². The maximum Gasteiger partial charge on any atom is 0.307 e. The van der Waals surface area contributed by atoms with Gasteiger partial charge in [0.05, 0.1) is 24.8 Å². The predicted molar refractivity (Wildman–Crippen MR) is 123 cm³/mol. The second kappa shape index (κ2) is 10.9. The van der Waals surface area contributed by atoms with Crippen LogP contribution < -0.4 is 5.32 Å². The number of furan rings is 1. The minimum absolute atomic E-state index is 0.164. The summed E-state index contributed by atoms with van der Waals surface area (Å²) in [5.41, 5.74) is 1.98. The van der Waals surface area contributed by atoms with Crippen LogP contribution in [-0.2, 0) is 20.9 Å². The molecule has 0 aliphatic heterocycles. The van der Waals surface area contributed by atoms with Crippen LogP contribution in [-0.4, -0.2) is 28.8 Å². The molecule has 0 saturated heterocycles. The lowest BCUT2D eigenvalue weighted by Crippen LogP contribution is -2.23. The zero-order valence-corrected chi connectivity index (χ0v) is 19.3. The highest BCUT2D eigenvalue weighted by Crippen LogP contribution is 2.27. The van der Waals surface area contributed by atoms with Gasteiger partial charge in [-0.1, -0.05) is 11.6 Å². The summed E-state index contributed by atoms with van der Waals surface area (Å²) in [7, 11) is 0. The van der Waals surface area contributed by atoms with Crippen LogP contribution in [0.3, 0.4) is 0 Å². The summed E-state index contributed by atoms with van der Waals surface area (Å²) in [6.45, 7) is 3.62. The van der Waals surface area contributed by atoms with E-state index >= 15 is 0 Å². The molecule has 0 bridgehead atoms. The molecule has 3 rings (SSSR count). The lowest BCUT2D eigenvalue weighted by molar-refractivity contribution is -0.146. The number of hydrogen-bond acceptors (Lipinski definition) is 6. The average Bonchev–Trinajstić information content (AvgIpc) is 3.36. The van der Waals surface area contributed by atoms with Crippen LogP contribution in [0.5, 0.6) is 0 Å². The number of esters is 1. The number of thioether (sulfide) groups is 1. The molecule has 0 fully saturated rings. The van der Waals surface area contributed by atoms with Gasteiger partial charge in [-0.3, -0.25) is 9.59 Å². The number of hydrogen-bond donors (Lipinski definition) is 1. The molecule has 1 N–H and O–H groups in total. The molecule has 0 radical (unpaired) electrons. The third-order valence-corrected chi connectivity index (χ3v) is 6.11. The van der Waals surface area contributed by atoms with E-state index in [1.165, 1.54) is 11.8 Å². The first kappa shape index (κ1) is 23.5. The number of halogens is 1. The molecule has 9 heteroatoms. The molecule has 166 valence electrons. The summed E-state index contributed by atoms with van der Waals surface area (Å²) in [5.74, 6) is 0.579. The Morgan fingerprint density at radius 3 is 2.66 bits per heavy atom. The van der Waals surface area contributed by atoms with Crippen LogP contribution in [0.25, 0.3) is 0 Å². The predicted octanol–water partition coefficient (Wildman–Crippen LogP) is 4.94.